The van der Waals surface area contributed by atoms with E-state index in [1.54, 1.807) is 13.8 Å². The van der Waals surface area contributed by atoms with E-state index in [4.69, 9.17) is 9.84 Å². The highest BCUT2D eigenvalue weighted by atomic mass is 19.1. The molecule has 0 fully saturated rings. The summed E-state index contributed by atoms with van der Waals surface area (Å²) in [7, 11) is 0. The number of hydrogen-bond donors (Lipinski definition) is 2. The number of aromatic nitrogens is 4. The summed E-state index contributed by atoms with van der Waals surface area (Å²) in [5, 5.41) is 19.6. The fourth-order valence-corrected chi connectivity index (χ4v) is 2.61. The number of aryl methyl sites for hydroxylation is 1. The van der Waals surface area contributed by atoms with Crippen LogP contribution in [0.5, 0.6) is 5.75 Å². The van der Waals surface area contributed by atoms with E-state index in [1.165, 1.54) is 23.0 Å². The van der Waals surface area contributed by atoms with Crippen molar-refractivity contribution in [2.45, 2.75) is 27.1 Å². The van der Waals surface area contributed by atoms with Gasteiger partial charge in [0.2, 0.25) is 0 Å². The largest absolute Gasteiger partial charge is 0.480 e. The number of hydrogen-bond acceptors (Lipinski definition) is 5. The van der Waals surface area contributed by atoms with E-state index in [0.29, 0.717) is 23.1 Å². The van der Waals surface area contributed by atoms with Crippen LogP contribution in [0.2, 0.25) is 0 Å². The van der Waals surface area contributed by atoms with Crippen molar-refractivity contribution in [1.29, 1.82) is 0 Å². The van der Waals surface area contributed by atoms with Gasteiger partial charge in [-0.1, -0.05) is 0 Å². The Morgan fingerprint density at radius 1 is 1.21 bits per heavy atom. The highest BCUT2D eigenvalue weighted by Crippen LogP contribution is 2.22. The molecule has 0 aliphatic carbocycles. The molecule has 1 amide bonds. The first kappa shape index (κ1) is 20.0. The number of anilines is 1. The summed E-state index contributed by atoms with van der Waals surface area (Å²) in [4.78, 5) is 23.1. The minimum atomic E-state index is -1.08. The summed E-state index contributed by atoms with van der Waals surface area (Å²) in [6.45, 7) is 2.84. The van der Waals surface area contributed by atoms with Crippen molar-refractivity contribution in [3.8, 4) is 5.75 Å². The summed E-state index contributed by atoms with van der Waals surface area (Å²) < 4.78 is 34.5. The number of aliphatic carboxylic acids is 1. The van der Waals surface area contributed by atoms with Crippen LogP contribution in [0.3, 0.4) is 0 Å². The normalized spacial score (nSPS) is 10.8. The van der Waals surface area contributed by atoms with Gasteiger partial charge < -0.3 is 15.2 Å². The Morgan fingerprint density at radius 3 is 2.66 bits per heavy atom. The van der Waals surface area contributed by atoms with Gasteiger partial charge in [0.15, 0.2) is 24.0 Å². The van der Waals surface area contributed by atoms with Crippen LogP contribution in [-0.2, 0) is 18.1 Å². The number of nitrogens with zero attached hydrogens (tertiary/aromatic N) is 4. The Bertz CT molecular complexity index is 1080. The van der Waals surface area contributed by atoms with Crippen LogP contribution in [0.1, 0.15) is 21.9 Å². The average molecular weight is 405 g/mol. The van der Waals surface area contributed by atoms with Crippen molar-refractivity contribution in [2.75, 3.05) is 5.32 Å². The maximum atomic E-state index is 13.7. The quantitative estimate of drug-likeness (QED) is 0.624. The van der Waals surface area contributed by atoms with Gasteiger partial charge in [0.05, 0.1) is 17.1 Å². The van der Waals surface area contributed by atoms with E-state index in [9.17, 15) is 18.4 Å². The van der Waals surface area contributed by atoms with E-state index in [0.717, 1.165) is 10.7 Å². The predicted molar refractivity (Wildman–Crippen MR) is 96.5 cm³/mol. The molecular formula is C18H17F2N5O4. The molecule has 3 rings (SSSR count). The van der Waals surface area contributed by atoms with Crippen molar-refractivity contribution in [1.82, 2.24) is 19.6 Å². The summed E-state index contributed by atoms with van der Waals surface area (Å²) in [6, 6.07) is 4.36. The van der Waals surface area contributed by atoms with Crippen LogP contribution >= 0.6 is 0 Å². The minimum absolute atomic E-state index is 0.0439. The molecule has 3 aromatic rings. The molecule has 11 heteroatoms. The monoisotopic (exact) mass is 405 g/mol. The van der Waals surface area contributed by atoms with E-state index in [-0.39, 0.29) is 24.7 Å². The van der Waals surface area contributed by atoms with Gasteiger partial charge in [0.1, 0.15) is 12.4 Å². The van der Waals surface area contributed by atoms with Gasteiger partial charge in [-0.2, -0.15) is 10.2 Å². The number of rotatable bonds is 7. The lowest BCUT2D eigenvalue weighted by atomic mass is 10.3. The minimum Gasteiger partial charge on any atom is -0.480 e. The molecule has 0 bridgehead atoms. The number of halogens is 2. The molecule has 2 heterocycles. The lowest BCUT2D eigenvalue weighted by Crippen LogP contribution is -2.16. The molecule has 2 aromatic heterocycles. The topological polar surface area (TPSA) is 111 Å². The molecule has 2 N–H and O–H groups in total. The van der Waals surface area contributed by atoms with Crippen molar-refractivity contribution in [3.05, 3.63) is 59.2 Å². The number of ether oxygens (including phenoxy) is 1. The lowest BCUT2D eigenvalue weighted by molar-refractivity contribution is -0.137. The van der Waals surface area contributed by atoms with Gasteiger partial charge in [-0.05, 0) is 32.0 Å². The van der Waals surface area contributed by atoms with Gasteiger partial charge in [0.25, 0.3) is 5.91 Å². The second-order valence-electron chi connectivity index (χ2n) is 6.14. The molecule has 0 spiro atoms. The zero-order chi connectivity index (χ0) is 21.1. The molecule has 1 aromatic carbocycles. The second-order valence-corrected chi connectivity index (χ2v) is 6.14. The third-order valence-electron chi connectivity index (χ3n) is 4.03. The molecule has 29 heavy (non-hydrogen) atoms. The number of carboxylic acids is 1. The number of nitrogens with one attached hydrogen (secondary N) is 1. The Morgan fingerprint density at radius 2 is 1.97 bits per heavy atom. The first-order valence-electron chi connectivity index (χ1n) is 8.43. The van der Waals surface area contributed by atoms with Crippen molar-refractivity contribution in [3.63, 3.8) is 0 Å². The van der Waals surface area contributed by atoms with Crippen molar-refractivity contribution >= 4 is 17.6 Å². The number of benzene rings is 1. The first-order valence-corrected chi connectivity index (χ1v) is 8.43. The fraction of sp³-hybridized carbons (Fsp3) is 0.222. The highest BCUT2D eigenvalue weighted by molar-refractivity contribution is 6.03. The molecule has 0 aliphatic rings. The van der Waals surface area contributed by atoms with Gasteiger partial charge in [-0.25, -0.2) is 13.5 Å². The van der Waals surface area contributed by atoms with Gasteiger partial charge >= 0.3 is 5.97 Å². The molecule has 9 nitrogen and oxygen atoms in total. The number of carboxylic acid groups (broad SMARTS) is 1. The maximum absolute atomic E-state index is 13.7. The Labute approximate surface area is 163 Å². The van der Waals surface area contributed by atoms with Gasteiger partial charge in [0, 0.05) is 12.3 Å². The Hall–Kier alpha value is -3.76. The number of carbonyl (C=O) groups excluding carboxylic acids is 1. The lowest BCUT2D eigenvalue weighted by Gasteiger charge is -2.09. The fourth-order valence-electron chi connectivity index (χ4n) is 2.61. The Kier molecular flexibility index (Phi) is 5.57. The van der Waals surface area contributed by atoms with Crippen molar-refractivity contribution in [2.24, 2.45) is 0 Å². The van der Waals surface area contributed by atoms with Crippen LogP contribution in [0.25, 0.3) is 0 Å². The molecule has 0 radical (unpaired) electrons. The first-order chi connectivity index (χ1) is 13.7. The summed E-state index contributed by atoms with van der Waals surface area (Å²) in [5.41, 5.74) is 1.50. The third kappa shape index (κ3) is 4.57. The van der Waals surface area contributed by atoms with E-state index in [2.05, 4.69) is 15.5 Å². The van der Waals surface area contributed by atoms with E-state index in [1.807, 2.05) is 0 Å². The van der Waals surface area contributed by atoms with Crippen LogP contribution in [0.4, 0.5) is 14.5 Å². The van der Waals surface area contributed by atoms with Gasteiger partial charge in [-0.15, -0.1) is 0 Å². The highest BCUT2D eigenvalue weighted by Gasteiger charge is 2.18. The van der Waals surface area contributed by atoms with E-state index >= 15 is 0 Å². The Balaban J connectivity index is 1.71. The standard InChI is InChI=1S/C18H17F2N5O4/c1-10-17(21-18(28)14-5-6-24(23-14)8-16(26)27)11(2)25(22-10)9-29-15-4-3-12(19)7-13(15)20/h3-7H,8-9H2,1-2H3,(H,21,28)(H,26,27). The van der Waals surface area contributed by atoms with Gasteiger partial charge in [-0.3, -0.25) is 14.3 Å². The molecule has 0 aliphatic heterocycles. The second kappa shape index (κ2) is 8.09. The van der Waals surface area contributed by atoms with Crippen LogP contribution in [-0.4, -0.2) is 36.5 Å². The average Bonchev–Trinajstić information content (AvgIpc) is 3.20. The summed E-state index contributed by atoms with van der Waals surface area (Å²) in [5.74, 6) is -3.29. The molecule has 0 saturated heterocycles. The maximum Gasteiger partial charge on any atom is 0.325 e. The molecule has 0 atom stereocenters. The number of carbonyl (C=O) groups is 2. The molecule has 0 unspecified atom stereocenters. The molecule has 0 saturated carbocycles. The zero-order valence-corrected chi connectivity index (χ0v) is 15.5. The predicted octanol–water partition coefficient (Wildman–Crippen LogP) is 2.35. The van der Waals surface area contributed by atoms with Crippen LogP contribution in [0, 0.1) is 25.5 Å². The SMILES string of the molecule is Cc1nn(COc2ccc(F)cc2F)c(C)c1NC(=O)c1ccn(CC(=O)O)n1. The number of amides is 1. The molecular weight excluding hydrogens is 388 g/mol. The smallest absolute Gasteiger partial charge is 0.325 e. The van der Waals surface area contributed by atoms with Crippen LogP contribution < -0.4 is 10.1 Å². The third-order valence-corrected chi connectivity index (χ3v) is 4.03. The molecule has 152 valence electrons. The summed E-state index contributed by atoms with van der Waals surface area (Å²) in [6.07, 6.45) is 1.39. The van der Waals surface area contributed by atoms with Crippen LogP contribution in [0.15, 0.2) is 30.5 Å². The van der Waals surface area contributed by atoms with E-state index < -0.39 is 23.5 Å². The summed E-state index contributed by atoms with van der Waals surface area (Å²) >= 11 is 0. The zero-order valence-electron chi connectivity index (χ0n) is 15.5. The van der Waals surface area contributed by atoms with Crippen molar-refractivity contribution < 1.29 is 28.2 Å².